The molecule has 2 unspecified atom stereocenters. The van der Waals surface area contributed by atoms with Crippen LogP contribution in [0.2, 0.25) is 0 Å². The number of halogens is 1. The third kappa shape index (κ3) is 3.84. The average molecular weight is 288 g/mol. The topological polar surface area (TPSA) is 29.1 Å². The minimum atomic E-state index is -0.134. The van der Waals surface area contributed by atoms with Crippen molar-refractivity contribution in [2.75, 3.05) is 6.54 Å². The molecule has 1 amide bonds. The first kappa shape index (κ1) is 14.6. The van der Waals surface area contributed by atoms with Gasteiger partial charge in [0, 0.05) is 12.1 Å². The number of carbonyl (C=O) groups is 1. The van der Waals surface area contributed by atoms with Crippen molar-refractivity contribution in [3.8, 4) is 0 Å². The Labute approximate surface area is 124 Å². The fraction of sp³-hybridized carbons (Fsp3) is 0.235. The molecule has 0 fully saturated rings. The highest BCUT2D eigenvalue weighted by atomic mass is 35.5. The first-order valence-electron chi connectivity index (χ1n) is 6.70. The summed E-state index contributed by atoms with van der Waals surface area (Å²) >= 11 is 6.38. The molecule has 20 heavy (non-hydrogen) atoms. The summed E-state index contributed by atoms with van der Waals surface area (Å²) in [5, 5.41) is 2.74. The van der Waals surface area contributed by atoms with Gasteiger partial charge in [-0.05, 0) is 23.6 Å². The van der Waals surface area contributed by atoms with Crippen LogP contribution < -0.4 is 5.32 Å². The summed E-state index contributed by atoms with van der Waals surface area (Å²) in [6.07, 6.45) is 0. The molecular formula is C17H18ClNO. The number of benzene rings is 2. The summed E-state index contributed by atoms with van der Waals surface area (Å²) in [6.45, 7) is 2.52. The minimum absolute atomic E-state index is 0.0866. The van der Waals surface area contributed by atoms with Crippen LogP contribution in [-0.4, -0.2) is 17.8 Å². The number of carbonyl (C=O) groups excluding carboxylic acids is 1. The molecule has 2 atom stereocenters. The van der Waals surface area contributed by atoms with Crippen LogP contribution in [0.15, 0.2) is 60.7 Å². The van der Waals surface area contributed by atoms with Gasteiger partial charge < -0.3 is 5.32 Å². The molecule has 104 valence electrons. The second kappa shape index (κ2) is 7.11. The van der Waals surface area contributed by atoms with Gasteiger partial charge in [0.15, 0.2) is 0 Å². The lowest BCUT2D eigenvalue weighted by atomic mass is 9.97. The molecule has 2 nitrogen and oxygen atoms in total. The molecular weight excluding hydrogens is 270 g/mol. The van der Waals surface area contributed by atoms with Crippen LogP contribution in [0, 0.1) is 0 Å². The van der Waals surface area contributed by atoms with Crippen LogP contribution in [0.1, 0.15) is 28.8 Å². The highest BCUT2D eigenvalue weighted by Crippen LogP contribution is 2.22. The van der Waals surface area contributed by atoms with Gasteiger partial charge in [-0.2, -0.15) is 0 Å². The number of hydrogen-bond donors (Lipinski definition) is 1. The molecule has 0 aromatic heterocycles. The number of alkyl halides is 1. The van der Waals surface area contributed by atoms with E-state index >= 15 is 0 Å². The van der Waals surface area contributed by atoms with Crippen molar-refractivity contribution in [1.29, 1.82) is 0 Å². The number of rotatable bonds is 5. The summed E-state index contributed by atoms with van der Waals surface area (Å²) in [4.78, 5) is 11.9. The third-order valence-electron chi connectivity index (χ3n) is 3.36. The van der Waals surface area contributed by atoms with E-state index in [0.29, 0.717) is 12.1 Å². The number of hydrogen-bond acceptors (Lipinski definition) is 1. The van der Waals surface area contributed by atoms with E-state index < -0.39 is 0 Å². The van der Waals surface area contributed by atoms with Crippen LogP contribution in [-0.2, 0) is 0 Å². The van der Waals surface area contributed by atoms with Crippen molar-refractivity contribution in [3.63, 3.8) is 0 Å². The van der Waals surface area contributed by atoms with E-state index in [2.05, 4.69) is 24.4 Å². The van der Waals surface area contributed by atoms with Crippen LogP contribution in [0.25, 0.3) is 0 Å². The maximum Gasteiger partial charge on any atom is 0.251 e. The Morgan fingerprint density at radius 1 is 1.05 bits per heavy atom. The van der Waals surface area contributed by atoms with Crippen molar-refractivity contribution >= 4 is 17.5 Å². The first-order chi connectivity index (χ1) is 9.68. The largest absolute Gasteiger partial charge is 0.351 e. The molecule has 0 aliphatic rings. The molecule has 2 aromatic carbocycles. The second-order valence-electron chi connectivity index (χ2n) is 4.79. The van der Waals surface area contributed by atoms with Crippen molar-refractivity contribution in [3.05, 3.63) is 71.8 Å². The van der Waals surface area contributed by atoms with Crippen molar-refractivity contribution in [1.82, 2.24) is 5.32 Å². The molecule has 0 spiro atoms. The van der Waals surface area contributed by atoms with Crippen LogP contribution in [0.3, 0.4) is 0 Å². The van der Waals surface area contributed by atoms with Gasteiger partial charge in [-0.1, -0.05) is 55.5 Å². The van der Waals surface area contributed by atoms with E-state index in [9.17, 15) is 4.79 Å². The summed E-state index contributed by atoms with van der Waals surface area (Å²) in [7, 11) is 0. The maximum atomic E-state index is 11.9. The van der Waals surface area contributed by atoms with Gasteiger partial charge in [-0.25, -0.2) is 0 Å². The quantitative estimate of drug-likeness (QED) is 0.832. The van der Waals surface area contributed by atoms with Crippen molar-refractivity contribution < 1.29 is 4.79 Å². The molecule has 0 aliphatic carbocycles. The fourth-order valence-electron chi connectivity index (χ4n) is 2.02. The van der Waals surface area contributed by atoms with Crippen molar-refractivity contribution in [2.45, 2.75) is 18.2 Å². The Balaban J connectivity index is 1.89. The molecule has 0 saturated carbocycles. The predicted molar refractivity (Wildman–Crippen MR) is 83.3 cm³/mol. The highest BCUT2D eigenvalue weighted by molar-refractivity contribution is 6.21. The second-order valence-corrected chi connectivity index (χ2v) is 5.35. The average Bonchev–Trinajstić information content (AvgIpc) is 2.53. The van der Waals surface area contributed by atoms with Crippen LogP contribution >= 0.6 is 11.6 Å². The first-order valence-corrected chi connectivity index (χ1v) is 7.14. The monoisotopic (exact) mass is 287 g/mol. The molecule has 0 saturated heterocycles. The van der Waals surface area contributed by atoms with Gasteiger partial charge in [0.1, 0.15) is 0 Å². The molecule has 2 rings (SSSR count). The Morgan fingerprint density at radius 3 is 2.20 bits per heavy atom. The normalized spacial score (nSPS) is 13.5. The Morgan fingerprint density at radius 2 is 1.60 bits per heavy atom. The van der Waals surface area contributed by atoms with Gasteiger partial charge >= 0.3 is 0 Å². The molecule has 0 aliphatic heterocycles. The van der Waals surface area contributed by atoms with E-state index in [4.69, 9.17) is 11.6 Å². The zero-order valence-electron chi connectivity index (χ0n) is 11.4. The van der Waals surface area contributed by atoms with Crippen LogP contribution in [0.5, 0.6) is 0 Å². The van der Waals surface area contributed by atoms with Gasteiger partial charge in [-0.15, -0.1) is 11.6 Å². The minimum Gasteiger partial charge on any atom is -0.351 e. The third-order valence-corrected chi connectivity index (χ3v) is 3.89. The lowest BCUT2D eigenvalue weighted by molar-refractivity contribution is 0.0953. The molecule has 0 heterocycles. The Hall–Kier alpha value is -1.80. The van der Waals surface area contributed by atoms with Crippen LogP contribution in [0.4, 0.5) is 0 Å². The maximum absolute atomic E-state index is 11.9. The fourth-order valence-corrected chi connectivity index (χ4v) is 2.25. The smallest absolute Gasteiger partial charge is 0.251 e. The zero-order chi connectivity index (χ0) is 14.4. The Bertz CT molecular complexity index is 541. The number of nitrogens with one attached hydrogen (secondary N) is 1. The van der Waals surface area contributed by atoms with Gasteiger partial charge in [0.2, 0.25) is 0 Å². The van der Waals surface area contributed by atoms with Gasteiger partial charge in [-0.3, -0.25) is 4.79 Å². The molecule has 0 radical (unpaired) electrons. The summed E-state index contributed by atoms with van der Waals surface area (Å²) in [5.41, 5.74) is 1.84. The summed E-state index contributed by atoms with van der Waals surface area (Å²) in [6, 6.07) is 19.3. The summed E-state index contributed by atoms with van der Waals surface area (Å²) < 4.78 is 0. The molecule has 3 heteroatoms. The van der Waals surface area contributed by atoms with E-state index in [0.717, 1.165) is 0 Å². The van der Waals surface area contributed by atoms with E-state index in [1.165, 1.54) is 5.56 Å². The van der Waals surface area contributed by atoms with E-state index in [1.54, 1.807) is 12.1 Å². The summed E-state index contributed by atoms with van der Waals surface area (Å²) in [5.74, 6) is 0.102. The molecule has 0 bridgehead atoms. The lowest BCUT2D eigenvalue weighted by Gasteiger charge is -2.19. The highest BCUT2D eigenvalue weighted by Gasteiger charge is 2.17. The van der Waals surface area contributed by atoms with Gasteiger partial charge in [0.05, 0.1) is 5.38 Å². The molecule has 2 aromatic rings. The van der Waals surface area contributed by atoms with Gasteiger partial charge in [0.25, 0.3) is 5.91 Å². The SMILES string of the molecule is CC(c1ccccc1)C(Cl)CNC(=O)c1ccccc1. The lowest BCUT2D eigenvalue weighted by Crippen LogP contribution is -2.32. The standard InChI is InChI=1S/C17H18ClNO/c1-13(14-8-4-2-5-9-14)16(18)12-19-17(20)15-10-6-3-7-11-15/h2-11,13,16H,12H2,1H3,(H,19,20). The van der Waals surface area contributed by atoms with Crippen molar-refractivity contribution in [2.24, 2.45) is 0 Å². The Kier molecular flexibility index (Phi) is 5.19. The predicted octanol–water partition coefficient (Wildman–Crippen LogP) is 3.83. The number of amides is 1. The molecule has 1 N–H and O–H groups in total. The van der Waals surface area contributed by atoms with E-state index in [-0.39, 0.29) is 17.2 Å². The van der Waals surface area contributed by atoms with E-state index in [1.807, 2.05) is 36.4 Å². The zero-order valence-corrected chi connectivity index (χ0v) is 12.2.